The molecule has 150 valence electrons. The summed E-state index contributed by atoms with van der Waals surface area (Å²) in [4.78, 5) is 29.1. The predicted octanol–water partition coefficient (Wildman–Crippen LogP) is 4.28. The van der Waals surface area contributed by atoms with Crippen LogP contribution in [0.4, 0.5) is 13.2 Å². The average Bonchev–Trinajstić information content (AvgIpc) is 3.21. The molecule has 28 heavy (non-hydrogen) atoms. The molecule has 0 unspecified atom stereocenters. The van der Waals surface area contributed by atoms with Crippen molar-refractivity contribution in [2.45, 2.75) is 25.6 Å². The molecule has 2 amide bonds. The third-order valence-corrected chi connectivity index (χ3v) is 5.80. The van der Waals surface area contributed by atoms with Gasteiger partial charge in [-0.1, -0.05) is 18.2 Å². The van der Waals surface area contributed by atoms with Gasteiger partial charge in [0.25, 0.3) is 5.91 Å². The van der Waals surface area contributed by atoms with Gasteiger partial charge in [-0.25, -0.2) is 0 Å². The number of carbonyl (C=O) groups is 2. The van der Waals surface area contributed by atoms with Gasteiger partial charge in [-0.2, -0.15) is 13.2 Å². The lowest BCUT2D eigenvalue weighted by atomic mass is 9.95. The van der Waals surface area contributed by atoms with Gasteiger partial charge in [-0.15, -0.1) is 11.3 Å². The molecule has 8 heteroatoms. The molecule has 4 nitrogen and oxygen atoms in total. The van der Waals surface area contributed by atoms with Crippen LogP contribution < -0.4 is 0 Å². The van der Waals surface area contributed by atoms with Gasteiger partial charge in [-0.05, 0) is 42.0 Å². The molecular weight excluding hydrogens is 389 g/mol. The maximum absolute atomic E-state index is 12.7. The van der Waals surface area contributed by atoms with E-state index in [4.69, 9.17) is 0 Å². The van der Waals surface area contributed by atoms with E-state index in [1.54, 1.807) is 22.9 Å². The molecule has 0 aliphatic carbocycles. The third-order valence-electron chi connectivity index (χ3n) is 4.94. The molecule has 0 bridgehead atoms. The van der Waals surface area contributed by atoms with E-state index in [2.05, 4.69) is 0 Å². The summed E-state index contributed by atoms with van der Waals surface area (Å²) in [7, 11) is 1.66. The Morgan fingerprint density at radius 3 is 2.32 bits per heavy atom. The van der Waals surface area contributed by atoms with E-state index in [1.807, 2.05) is 11.4 Å². The summed E-state index contributed by atoms with van der Waals surface area (Å²) in [5.74, 6) is -0.214. The van der Waals surface area contributed by atoms with Gasteiger partial charge >= 0.3 is 6.18 Å². The summed E-state index contributed by atoms with van der Waals surface area (Å²) >= 11 is 1.40. The molecule has 0 radical (unpaired) electrons. The molecule has 2 heterocycles. The summed E-state index contributed by atoms with van der Waals surface area (Å²) in [5.41, 5.74) is -0.0535. The highest BCUT2D eigenvalue weighted by Gasteiger charge is 2.31. The Labute approximate surface area is 165 Å². The Morgan fingerprint density at radius 2 is 1.79 bits per heavy atom. The largest absolute Gasteiger partial charge is 0.416 e. The minimum Gasteiger partial charge on any atom is -0.341 e. The van der Waals surface area contributed by atoms with Gasteiger partial charge in [0.05, 0.1) is 10.4 Å². The predicted molar refractivity (Wildman–Crippen MR) is 101 cm³/mol. The van der Waals surface area contributed by atoms with E-state index in [0.29, 0.717) is 36.4 Å². The first-order valence-electron chi connectivity index (χ1n) is 8.99. The smallest absolute Gasteiger partial charge is 0.341 e. The maximum Gasteiger partial charge on any atom is 0.416 e. The van der Waals surface area contributed by atoms with Crippen LogP contribution in [-0.2, 0) is 17.5 Å². The SMILES string of the molecule is CN(Cc1ccc(C(F)(F)F)cc1)C(=O)C1CCN(C(=O)c2cccs2)CC1. The molecule has 1 saturated heterocycles. The number of benzene rings is 1. The lowest BCUT2D eigenvalue weighted by molar-refractivity contribution is -0.138. The lowest BCUT2D eigenvalue weighted by Gasteiger charge is -2.33. The van der Waals surface area contributed by atoms with Crippen LogP contribution in [0.5, 0.6) is 0 Å². The highest BCUT2D eigenvalue weighted by molar-refractivity contribution is 7.12. The molecule has 1 aromatic carbocycles. The minimum atomic E-state index is -4.37. The van der Waals surface area contributed by atoms with Crippen molar-refractivity contribution in [3.63, 3.8) is 0 Å². The number of nitrogens with zero attached hydrogens (tertiary/aromatic N) is 2. The number of piperidine rings is 1. The van der Waals surface area contributed by atoms with Crippen LogP contribution >= 0.6 is 11.3 Å². The highest BCUT2D eigenvalue weighted by atomic mass is 32.1. The van der Waals surface area contributed by atoms with Crippen LogP contribution in [0.3, 0.4) is 0 Å². The summed E-state index contributed by atoms with van der Waals surface area (Å²) in [6, 6.07) is 8.49. The van der Waals surface area contributed by atoms with Crippen molar-refractivity contribution in [1.82, 2.24) is 9.80 Å². The first kappa shape index (κ1) is 20.4. The second-order valence-electron chi connectivity index (χ2n) is 6.93. The molecule has 1 aromatic heterocycles. The van der Waals surface area contributed by atoms with Crippen molar-refractivity contribution in [2.24, 2.45) is 5.92 Å². The number of thiophene rings is 1. The number of likely N-dealkylation sites (tertiary alicyclic amines) is 1. The van der Waals surface area contributed by atoms with Crippen molar-refractivity contribution < 1.29 is 22.8 Å². The third kappa shape index (κ3) is 4.73. The lowest BCUT2D eigenvalue weighted by Crippen LogP contribution is -2.43. The second-order valence-corrected chi connectivity index (χ2v) is 7.88. The van der Waals surface area contributed by atoms with Gasteiger partial charge in [0, 0.05) is 32.6 Å². The van der Waals surface area contributed by atoms with E-state index >= 15 is 0 Å². The number of carbonyl (C=O) groups excluding carboxylic acids is 2. The Kier molecular flexibility index (Phi) is 6.07. The Bertz CT molecular complexity index is 811. The van der Waals surface area contributed by atoms with Crippen molar-refractivity contribution in [1.29, 1.82) is 0 Å². The summed E-state index contributed by atoms with van der Waals surface area (Å²) < 4.78 is 37.9. The van der Waals surface area contributed by atoms with E-state index in [1.165, 1.54) is 23.5 Å². The van der Waals surface area contributed by atoms with Crippen LogP contribution in [-0.4, -0.2) is 41.8 Å². The zero-order valence-electron chi connectivity index (χ0n) is 15.4. The number of rotatable bonds is 4. The molecular formula is C20H21F3N2O2S. The molecule has 0 spiro atoms. The topological polar surface area (TPSA) is 40.6 Å². The Balaban J connectivity index is 1.52. The van der Waals surface area contributed by atoms with Gasteiger partial charge in [0.15, 0.2) is 0 Å². The van der Waals surface area contributed by atoms with E-state index in [0.717, 1.165) is 12.1 Å². The zero-order valence-corrected chi connectivity index (χ0v) is 16.2. The summed E-state index contributed by atoms with van der Waals surface area (Å²) in [5, 5.41) is 1.86. The zero-order chi connectivity index (χ0) is 20.3. The molecule has 1 fully saturated rings. The van der Waals surface area contributed by atoms with Crippen molar-refractivity contribution in [3.8, 4) is 0 Å². The quantitative estimate of drug-likeness (QED) is 0.755. The molecule has 3 rings (SSSR count). The molecule has 1 aliphatic rings. The van der Waals surface area contributed by atoms with Gasteiger partial charge in [0.1, 0.15) is 0 Å². The van der Waals surface area contributed by atoms with Crippen LogP contribution in [0.25, 0.3) is 0 Å². The van der Waals surface area contributed by atoms with Gasteiger partial charge < -0.3 is 9.80 Å². The summed E-state index contributed by atoms with van der Waals surface area (Å²) in [6.07, 6.45) is -3.19. The highest BCUT2D eigenvalue weighted by Crippen LogP contribution is 2.29. The standard InChI is InChI=1S/C20H21F3N2O2S/c1-24(13-14-4-6-16(7-5-14)20(21,22)23)18(26)15-8-10-25(11-9-15)19(27)17-3-2-12-28-17/h2-7,12,15H,8-11,13H2,1H3. The van der Waals surface area contributed by atoms with Crippen LogP contribution in [0.2, 0.25) is 0 Å². The van der Waals surface area contributed by atoms with E-state index in [9.17, 15) is 22.8 Å². The fourth-order valence-corrected chi connectivity index (χ4v) is 4.04. The van der Waals surface area contributed by atoms with Crippen molar-refractivity contribution >= 4 is 23.2 Å². The van der Waals surface area contributed by atoms with Crippen LogP contribution in [0.1, 0.15) is 33.6 Å². The Morgan fingerprint density at radius 1 is 1.14 bits per heavy atom. The number of hydrogen-bond acceptors (Lipinski definition) is 3. The summed E-state index contributed by atoms with van der Waals surface area (Å²) in [6.45, 7) is 1.31. The van der Waals surface area contributed by atoms with Crippen molar-refractivity contribution in [2.75, 3.05) is 20.1 Å². The fourth-order valence-electron chi connectivity index (χ4n) is 3.35. The number of hydrogen-bond donors (Lipinski definition) is 0. The van der Waals surface area contributed by atoms with E-state index in [-0.39, 0.29) is 24.3 Å². The van der Waals surface area contributed by atoms with Crippen molar-refractivity contribution in [3.05, 3.63) is 57.8 Å². The number of halogens is 3. The van der Waals surface area contributed by atoms with E-state index < -0.39 is 11.7 Å². The molecule has 2 aromatic rings. The van der Waals surface area contributed by atoms with Crippen LogP contribution in [0.15, 0.2) is 41.8 Å². The molecule has 0 atom stereocenters. The second kappa shape index (κ2) is 8.34. The van der Waals surface area contributed by atoms with Gasteiger partial charge in [-0.3, -0.25) is 9.59 Å². The minimum absolute atomic E-state index is 0.000919. The number of alkyl halides is 3. The monoisotopic (exact) mass is 410 g/mol. The first-order chi connectivity index (χ1) is 13.3. The molecule has 0 N–H and O–H groups in total. The van der Waals surface area contributed by atoms with Crippen LogP contribution in [0, 0.1) is 5.92 Å². The molecule has 1 aliphatic heterocycles. The average molecular weight is 410 g/mol. The normalized spacial score (nSPS) is 15.5. The first-order valence-corrected chi connectivity index (χ1v) is 9.87. The number of amides is 2. The Hall–Kier alpha value is -2.35. The molecule has 0 saturated carbocycles. The van der Waals surface area contributed by atoms with Gasteiger partial charge in [0.2, 0.25) is 5.91 Å². The fraction of sp³-hybridized carbons (Fsp3) is 0.400. The maximum atomic E-state index is 12.7.